The van der Waals surface area contributed by atoms with Gasteiger partial charge in [-0.15, -0.1) is 0 Å². The maximum absolute atomic E-state index is 12.8. The lowest BCUT2D eigenvalue weighted by Crippen LogP contribution is -2.38. The maximum atomic E-state index is 12.8. The van der Waals surface area contributed by atoms with Gasteiger partial charge in [0.1, 0.15) is 5.82 Å². The van der Waals surface area contributed by atoms with Crippen molar-refractivity contribution in [3.8, 4) is 0 Å². The highest BCUT2D eigenvalue weighted by Crippen LogP contribution is 2.26. The molecule has 0 saturated carbocycles. The monoisotopic (exact) mass is 281 g/mol. The SMILES string of the molecule is CCOC(=O)C(CNCc1ccc(F)cc1)C(C)(C)C. The molecule has 0 amide bonds. The Bertz CT molecular complexity index is 423. The van der Waals surface area contributed by atoms with E-state index in [-0.39, 0.29) is 23.1 Å². The number of carbonyl (C=O) groups excluding carboxylic acids is 1. The van der Waals surface area contributed by atoms with E-state index in [4.69, 9.17) is 4.74 Å². The third-order valence-corrected chi connectivity index (χ3v) is 3.21. The number of hydrogen-bond donors (Lipinski definition) is 1. The van der Waals surface area contributed by atoms with Crippen LogP contribution in [0.4, 0.5) is 4.39 Å². The molecule has 1 atom stereocenters. The van der Waals surface area contributed by atoms with Crippen LogP contribution in [0, 0.1) is 17.2 Å². The minimum atomic E-state index is -0.243. The Morgan fingerprint density at radius 2 is 1.90 bits per heavy atom. The van der Waals surface area contributed by atoms with Crippen molar-refractivity contribution in [1.82, 2.24) is 5.32 Å². The first-order chi connectivity index (χ1) is 9.34. The molecule has 20 heavy (non-hydrogen) atoms. The molecule has 1 aromatic rings. The molecule has 1 unspecified atom stereocenters. The van der Waals surface area contributed by atoms with Crippen LogP contribution in [-0.2, 0) is 16.1 Å². The summed E-state index contributed by atoms with van der Waals surface area (Å²) in [6.45, 7) is 9.41. The summed E-state index contributed by atoms with van der Waals surface area (Å²) < 4.78 is 17.9. The zero-order chi connectivity index (χ0) is 15.2. The van der Waals surface area contributed by atoms with E-state index in [1.54, 1.807) is 12.1 Å². The fourth-order valence-corrected chi connectivity index (χ4v) is 1.95. The topological polar surface area (TPSA) is 38.3 Å². The van der Waals surface area contributed by atoms with E-state index in [2.05, 4.69) is 5.32 Å². The second-order valence-electron chi connectivity index (χ2n) is 5.93. The summed E-state index contributed by atoms with van der Waals surface area (Å²) in [7, 11) is 0. The quantitative estimate of drug-likeness (QED) is 0.814. The van der Waals surface area contributed by atoms with Crippen LogP contribution in [0.25, 0.3) is 0 Å². The minimum absolute atomic E-state index is 0.165. The normalized spacial score (nSPS) is 13.1. The van der Waals surface area contributed by atoms with Gasteiger partial charge in [-0.1, -0.05) is 32.9 Å². The summed E-state index contributed by atoms with van der Waals surface area (Å²) >= 11 is 0. The largest absolute Gasteiger partial charge is 0.466 e. The highest BCUT2D eigenvalue weighted by molar-refractivity contribution is 5.73. The predicted octanol–water partition coefficient (Wildman–Crippen LogP) is 3.14. The van der Waals surface area contributed by atoms with Crippen LogP contribution in [0.2, 0.25) is 0 Å². The van der Waals surface area contributed by atoms with Crippen LogP contribution in [0.5, 0.6) is 0 Å². The Balaban J connectivity index is 2.54. The molecule has 112 valence electrons. The summed E-state index contributed by atoms with van der Waals surface area (Å²) in [5.41, 5.74) is 0.824. The molecule has 0 aliphatic rings. The number of halogens is 1. The minimum Gasteiger partial charge on any atom is -0.466 e. The van der Waals surface area contributed by atoms with Crippen molar-refractivity contribution < 1.29 is 13.9 Å². The molecular formula is C16H24FNO2. The van der Waals surface area contributed by atoms with Gasteiger partial charge in [0.15, 0.2) is 0 Å². The third kappa shape index (κ3) is 5.29. The fourth-order valence-electron chi connectivity index (χ4n) is 1.95. The smallest absolute Gasteiger partial charge is 0.310 e. The number of carbonyl (C=O) groups is 1. The second-order valence-corrected chi connectivity index (χ2v) is 5.93. The van der Waals surface area contributed by atoms with Gasteiger partial charge >= 0.3 is 5.97 Å². The predicted molar refractivity (Wildman–Crippen MR) is 77.7 cm³/mol. The van der Waals surface area contributed by atoms with Crippen molar-refractivity contribution in [3.05, 3.63) is 35.6 Å². The molecular weight excluding hydrogens is 257 g/mol. The molecule has 0 saturated heterocycles. The van der Waals surface area contributed by atoms with Crippen LogP contribution in [0.1, 0.15) is 33.3 Å². The highest BCUT2D eigenvalue weighted by Gasteiger charge is 2.31. The molecule has 1 aromatic carbocycles. The van der Waals surface area contributed by atoms with Gasteiger partial charge in [0.05, 0.1) is 12.5 Å². The summed E-state index contributed by atoms with van der Waals surface area (Å²) in [6.07, 6.45) is 0. The lowest BCUT2D eigenvalue weighted by atomic mass is 9.80. The molecule has 0 spiro atoms. The van der Waals surface area contributed by atoms with E-state index >= 15 is 0 Å². The molecule has 3 nitrogen and oxygen atoms in total. The summed E-state index contributed by atoms with van der Waals surface area (Å²) in [5.74, 6) is -0.623. The van der Waals surface area contributed by atoms with Gasteiger partial charge < -0.3 is 10.1 Å². The lowest BCUT2D eigenvalue weighted by molar-refractivity contribution is -0.151. The molecule has 1 rings (SSSR count). The van der Waals surface area contributed by atoms with Crippen LogP contribution in [0.3, 0.4) is 0 Å². The van der Waals surface area contributed by atoms with Crippen LogP contribution in [0.15, 0.2) is 24.3 Å². The van der Waals surface area contributed by atoms with Crippen molar-refractivity contribution in [2.24, 2.45) is 11.3 Å². The number of benzene rings is 1. The molecule has 0 aliphatic carbocycles. The molecule has 0 radical (unpaired) electrons. The lowest BCUT2D eigenvalue weighted by Gasteiger charge is -2.29. The number of rotatable bonds is 6. The Kier molecular flexibility index (Phi) is 6.14. The first-order valence-corrected chi connectivity index (χ1v) is 6.96. The van der Waals surface area contributed by atoms with Gasteiger partial charge in [-0.3, -0.25) is 4.79 Å². The molecule has 0 heterocycles. The van der Waals surface area contributed by atoms with Gasteiger partial charge in [-0.25, -0.2) is 4.39 Å². The average Bonchev–Trinajstić information content (AvgIpc) is 2.35. The number of esters is 1. The fraction of sp³-hybridized carbons (Fsp3) is 0.562. The standard InChI is InChI=1S/C16H24FNO2/c1-5-20-15(19)14(16(2,3)4)11-18-10-12-6-8-13(17)9-7-12/h6-9,14,18H,5,10-11H2,1-4H3. The van der Waals surface area contributed by atoms with Gasteiger partial charge in [0, 0.05) is 13.1 Å². The zero-order valence-corrected chi connectivity index (χ0v) is 12.7. The number of ether oxygens (including phenoxy) is 1. The first kappa shape index (κ1) is 16.6. The van der Waals surface area contributed by atoms with Crippen LogP contribution < -0.4 is 5.32 Å². The van der Waals surface area contributed by atoms with Gasteiger partial charge in [-0.2, -0.15) is 0 Å². The van der Waals surface area contributed by atoms with Gasteiger partial charge in [0.25, 0.3) is 0 Å². The van der Waals surface area contributed by atoms with E-state index in [0.29, 0.717) is 19.7 Å². The second kappa shape index (κ2) is 7.39. The van der Waals surface area contributed by atoms with Crippen LogP contribution >= 0.6 is 0 Å². The number of nitrogens with one attached hydrogen (secondary N) is 1. The van der Waals surface area contributed by atoms with Gasteiger partial charge in [0.2, 0.25) is 0 Å². The van der Waals surface area contributed by atoms with E-state index in [1.807, 2.05) is 27.7 Å². The first-order valence-electron chi connectivity index (χ1n) is 6.96. The summed E-state index contributed by atoms with van der Waals surface area (Å²) in [5, 5.41) is 3.24. The van der Waals surface area contributed by atoms with Crippen LogP contribution in [-0.4, -0.2) is 19.1 Å². The molecule has 4 heteroatoms. The highest BCUT2D eigenvalue weighted by atomic mass is 19.1. The van der Waals surface area contributed by atoms with Crippen molar-refractivity contribution in [2.75, 3.05) is 13.2 Å². The molecule has 0 aromatic heterocycles. The van der Waals surface area contributed by atoms with Gasteiger partial charge in [-0.05, 0) is 30.0 Å². The Labute approximate surface area is 120 Å². The Morgan fingerprint density at radius 3 is 2.40 bits per heavy atom. The molecule has 0 fully saturated rings. The van der Waals surface area contributed by atoms with E-state index < -0.39 is 0 Å². The van der Waals surface area contributed by atoms with E-state index in [0.717, 1.165) is 5.56 Å². The van der Waals surface area contributed by atoms with E-state index in [1.165, 1.54) is 12.1 Å². The van der Waals surface area contributed by atoms with Crippen molar-refractivity contribution in [3.63, 3.8) is 0 Å². The third-order valence-electron chi connectivity index (χ3n) is 3.21. The molecule has 0 bridgehead atoms. The maximum Gasteiger partial charge on any atom is 0.310 e. The van der Waals surface area contributed by atoms with Crippen molar-refractivity contribution in [2.45, 2.75) is 34.2 Å². The summed E-state index contributed by atoms with van der Waals surface area (Å²) in [6, 6.07) is 6.34. The Morgan fingerprint density at radius 1 is 1.30 bits per heavy atom. The summed E-state index contributed by atoms with van der Waals surface area (Å²) in [4.78, 5) is 12.0. The average molecular weight is 281 g/mol. The number of hydrogen-bond acceptors (Lipinski definition) is 3. The Hall–Kier alpha value is -1.42. The van der Waals surface area contributed by atoms with Crippen molar-refractivity contribution >= 4 is 5.97 Å². The molecule has 1 N–H and O–H groups in total. The van der Waals surface area contributed by atoms with E-state index in [9.17, 15) is 9.18 Å². The zero-order valence-electron chi connectivity index (χ0n) is 12.7. The molecule has 0 aliphatic heterocycles. The van der Waals surface area contributed by atoms with Crippen molar-refractivity contribution in [1.29, 1.82) is 0 Å².